The van der Waals surface area contributed by atoms with E-state index in [0.29, 0.717) is 6.54 Å². The van der Waals surface area contributed by atoms with Gasteiger partial charge in [-0.2, -0.15) is 0 Å². The molecule has 0 spiro atoms. The second-order valence-electron chi connectivity index (χ2n) is 8.81. The number of nitrogens with one attached hydrogen (secondary N) is 2. The van der Waals surface area contributed by atoms with E-state index in [1.54, 1.807) is 25.7 Å². The van der Waals surface area contributed by atoms with E-state index in [-0.39, 0.29) is 24.4 Å². The van der Waals surface area contributed by atoms with Crippen molar-refractivity contribution in [1.29, 1.82) is 0 Å². The molecule has 3 amide bonds. The van der Waals surface area contributed by atoms with Gasteiger partial charge in [0.15, 0.2) is 0 Å². The average molecular weight is 434 g/mol. The Labute approximate surface area is 186 Å². The summed E-state index contributed by atoms with van der Waals surface area (Å²) >= 11 is 0. The van der Waals surface area contributed by atoms with Crippen LogP contribution in [-0.2, 0) is 14.3 Å². The molecule has 0 fully saturated rings. The van der Waals surface area contributed by atoms with Crippen molar-refractivity contribution in [3.63, 3.8) is 0 Å². The molecule has 0 saturated carbocycles. The van der Waals surface area contributed by atoms with Crippen LogP contribution in [0, 0.1) is 0 Å². The van der Waals surface area contributed by atoms with Crippen molar-refractivity contribution in [1.82, 2.24) is 15.5 Å². The van der Waals surface area contributed by atoms with E-state index < -0.39 is 17.7 Å². The molecule has 0 saturated heterocycles. The van der Waals surface area contributed by atoms with Gasteiger partial charge in [0.05, 0.1) is 0 Å². The normalized spacial score (nSPS) is 13.1. The molecule has 7 heteroatoms. The van der Waals surface area contributed by atoms with Crippen molar-refractivity contribution in [2.75, 3.05) is 13.1 Å². The highest BCUT2D eigenvalue weighted by Gasteiger charge is 2.32. The number of rotatable bonds is 11. The lowest BCUT2D eigenvalue weighted by molar-refractivity contribution is -0.140. The molecule has 0 bridgehead atoms. The third-order valence-electron chi connectivity index (χ3n) is 4.64. The Morgan fingerprint density at radius 3 is 2.26 bits per heavy atom. The predicted octanol–water partition coefficient (Wildman–Crippen LogP) is 4.19. The molecule has 0 aliphatic rings. The van der Waals surface area contributed by atoms with Crippen LogP contribution >= 0.6 is 0 Å². The number of carbonyl (C=O) groups is 3. The minimum Gasteiger partial charge on any atom is -0.444 e. The summed E-state index contributed by atoms with van der Waals surface area (Å²) in [5, 5.41) is 5.56. The summed E-state index contributed by atoms with van der Waals surface area (Å²) < 4.78 is 5.22. The van der Waals surface area contributed by atoms with E-state index in [4.69, 9.17) is 4.74 Å². The summed E-state index contributed by atoms with van der Waals surface area (Å²) in [5.74, 6) is -0.541. The van der Waals surface area contributed by atoms with E-state index in [1.165, 1.54) is 0 Å². The highest BCUT2D eigenvalue weighted by Crippen LogP contribution is 2.22. The van der Waals surface area contributed by atoms with E-state index >= 15 is 0 Å². The van der Waals surface area contributed by atoms with Gasteiger partial charge in [0.25, 0.3) is 0 Å². The van der Waals surface area contributed by atoms with Gasteiger partial charge in [0.1, 0.15) is 18.2 Å². The Kier molecular flexibility index (Phi) is 11.1. The molecule has 0 aromatic heterocycles. The first-order valence-electron chi connectivity index (χ1n) is 11.2. The summed E-state index contributed by atoms with van der Waals surface area (Å²) in [6.45, 7) is 11.5. The summed E-state index contributed by atoms with van der Waals surface area (Å²) in [6.07, 6.45) is 2.78. The Morgan fingerprint density at radius 1 is 1.06 bits per heavy atom. The van der Waals surface area contributed by atoms with Crippen LogP contribution in [0.25, 0.3) is 0 Å². The van der Waals surface area contributed by atoms with Gasteiger partial charge in [0.2, 0.25) is 11.8 Å². The quantitative estimate of drug-likeness (QED) is 0.548. The molecule has 7 nitrogen and oxygen atoms in total. The first kappa shape index (κ1) is 26.5. The van der Waals surface area contributed by atoms with Gasteiger partial charge in [-0.15, -0.1) is 0 Å². The SMILES string of the molecule is CCCCN(C(=O)CNC(=O)OC(C)(C)C)C(C(=O)NC(C)CCC)c1ccccc1. The Bertz CT molecular complexity index is 701. The van der Waals surface area contributed by atoms with Gasteiger partial charge >= 0.3 is 6.09 Å². The number of alkyl carbamates (subject to hydrolysis) is 1. The van der Waals surface area contributed by atoms with Gasteiger partial charge in [-0.05, 0) is 46.1 Å². The second-order valence-corrected chi connectivity index (χ2v) is 8.81. The van der Waals surface area contributed by atoms with Crippen molar-refractivity contribution in [2.24, 2.45) is 0 Å². The van der Waals surface area contributed by atoms with Crippen LogP contribution in [0.3, 0.4) is 0 Å². The van der Waals surface area contributed by atoms with Crippen LogP contribution in [0.15, 0.2) is 30.3 Å². The van der Waals surface area contributed by atoms with Crippen LogP contribution in [-0.4, -0.2) is 47.5 Å². The molecule has 174 valence electrons. The number of amides is 3. The zero-order valence-corrected chi connectivity index (χ0v) is 19.9. The van der Waals surface area contributed by atoms with Gasteiger partial charge in [0, 0.05) is 12.6 Å². The number of ether oxygens (including phenoxy) is 1. The highest BCUT2D eigenvalue weighted by molar-refractivity contribution is 5.90. The molecule has 0 aliphatic heterocycles. The van der Waals surface area contributed by atoms with Crippen LogP contribution in [0.4, 0.5) is 4.79 Å². The van der Waals surface area contributed by atoms with E-state index in [9.17, 15) is 14.4 Å². The standard InChI is InChI=1S/C24H39N3O4/c1-7-9-16-27(20(28)17-25-23(30)31-24(4,5)6)21(19-14-11-10-12-15-19)22(29)26-18(3)13-8-2/h10-12,14-15,18,21H,7-9,13,16-17H2,1-6H3,(H,25,30)(H,26,29). The smallest absolute Gasteiger partial charge is 0.408 e. The number of carbonyl (C=O) groups excluding carboxylic acids is 3. The van der Waals surface area contributed by atoms with Gasteiger partial charge in [-0.1, -0.05) is 57.0 Å². The molecular formula is C24H39N3O4. The summed E-state index contributed by atoms with van der Waals surface area (Å²) in [7, 11) is 0. The summed E-state index contributed by atoms with van der Waals surface area (Å²) in [4.78, 5) is 39.9. The first-order valence-corrected chi connectivity index (χ1v) is 11.2. The molecular weight excluding hydrogens is 394 g/mol. The van der Waals surface area contributed by atoms with Gasteiger partial charge < -0.3 is 20.3 Å². The monoisotopic (exact) mass is 433 g/mol. The van der Waals surface area contributed by atoms with Crippen molar-refractivity contribution in [2.45, 2.75) is 84.9 Å². The minimum atomic E-state index is -0.764. The van der Waals surface area contributed by atoms with Crippen LogP contribution in [0.1, 0.15) is 78.8 Å². The topological polar surface area (TPSA) is 87.7 Å². The minimum absolute atomic E-state index is 0.00623. The van der Waals surface area contributed by atoms with Gasteiger partial charge in [-0.25, -0.2) is 4.79 Å². The van der Waals surface area contributed by atoms with E-state index in [2.05, 4.69) is 17.6 Å². The maximum Gasteiger partial charge on any atom is 0.408 e. The molecule has 2 N–H and O–H groups in total. The van der Waals surface area contributed by atoms with Crippen molar-refractivity contribution in [3.05, 3.63) is 35.9 Å². The van der Waals surface area contributed by atoms with Crippen molar-refractivity contribution in [3.8, 4) is 0 Å². The number of hydrogen-bond donors (Lipinski definition) is 2. The number of hydrogen-bond acceptors (Lipinski definition) is 4. The Morgan fingerprint density at radius 2 is 1.71 bits per heavy atom. The lowest BCUT2D eigenvalue weighted by Gasteiger charge is -2.32. The second kappa shape index (κ2) is 13.0. The van der Waals surface area contributed by atoms with Crippen molar-refractivity contribution < 1.29 is 19.1 Å². The fraction of sp³-hybridized carbons (Fsp3) is 0.625. The lowest BCUT2D eigenvalue weighted by Crippen LogP contribution is -2.49. The molecule has 1 aromatic rings. The third kappa shape index (κ3) is 9.85. The lowest BCUT2D eigenvalue weighted by atomic mass is 10.0. The zero-order chi connectivity index (χ0) is 23.4. The first-order chi connectivity index (χ1) is 14.6. The van der Waals surface area contributed by atoms with Crippen LogP contribution in [0.2, 0.25) is 0 Å². The summed E-state index contributed by atoms with van der Waals surface area (Å²) in [6, 6.07) is 8.52. The van der Waals surface area contributed by atoms with E-state index in [0.717, 1.165) is 31.2 Å². The maximum atomic E-state index is 13.2. The fourth-order valence-corrected chi connectivity index (χ4v) is 3.22. The van der Waals surface area contributed by atoms with E-state index in [1.807, 2.05) is 44.2 Å². The molecule has 0 heterocycles. The molecule has 0 radical (unpaired) electrons. The Hall–Kier alpha value is -2.57. The molecule has 1 aromatic carbocycles. The molecule has 1 rings (SSSR count). The van der Waals surface area contributed by atoms with Crippen LogP contribution < -0.4 is 10.6 Å². The van der Waals surface area contributed by atoms with Crippen molar-refractivity contribution >= 4 is 17.9 Å². The third-order valence-corrected chi connectivity index (χ3v) is 4.64. The largest absolute Gasteiger partial charge is 0.444 e. The molecule has 2 atom stereocenters. The zero-order valence-electron chi connectivity index (χ0n) is 19.9. The Balaban J connectivity index is 3.09. The molecule has 0 aliphatic carbocycles. The van der Waals surface area contributed by atoms with Crippen LogP contribution in [0.5, 0.6) is 0 Å². The number of benzene rings is 1. The average Bonchev–Trinajstić information content (AvgIpc) is 2.68. The maximum absolute atomic E-state index is 13.2. The highest BCUT2D eigenvalue weighted by atomic mass is 16.6. The molecule has 2 unspecified atom stereocenters. The number of unbranched alkanes of at least 4 members (excludes halogenated alkanes) is 1. The number of nitrogens with zero attached hydrogens (tertiary/aromatic N) is 1. The molecule has 31 heavy (non-hydrogen) atoms. The van der Waals surface area contributed by atoms with Gasteiger partial charge in [-0.3, -0.25) is 9.59 Å². The fourth-order valence-electron chi connectivity index (χ4n) is 3.22. The predicted molar refractivity (Wildman–Crippen MR) is 123 cm³/mol. The summed E-state index contributed by atoms with van der Waals surface area (Å²) in [5.41, 5.74) is 0.0853.